The average Bonchev–Trinajstić information content (AvgIpc) is 3.15. The number of aromatic nitrogens is 3. The Bertz CT molecular complexity index is 709. The van der Waals surface area contributed by atoms with Gasteiger partial charge in [-0.05, 0) is 43.4 Å². The highest BCUT2D eigenvalue weighted by Gasteiger charge is 2.18. The highest BCUT2D eigenvalue weighted by Crippen LogP contribution is 2.21. The molecule has 2 N–H and O–H groups in total. The molecular formula is C19H27FN5O+. The van der Waals surface area contributed by atoms with Gasteiger partial charge in [0, 0.05) is 0 Å². The topological polar surface area (TPSA) is 64.2 Å². The summed E-state index contributed by atoms with van der Waals surface area (Å²) >= 11 is 0. The van der Waals surface area contributed by atoms with Gasteiger partial charge in [0.25, 0.3) is 5.91 Å². The quantitative estimate of drug-likeness (QED) is 0.780. The molecule has 6 nitrogen and oxygen atoms in total. The summed E-state index contributed by atoms with van der Waals surface area (Å²) in [6.45, 7) is 6.02. The van der Waals surface area contributed by atoms with Gasteiger partial charge in [-0.25, -0.2) is 9.07 Å². The second-order valence-corrected chi connectivity index (χ2v) is 6.88. The molecule has 140 valence electrons. The third kappa shape index (κ3) is 4.66. The number of hydrogen-bond acceptors (Lipinski definition) is 3. The van der Waals surface area contributed by atoms with E-state index in [-0.39, 0.29) is 17.8 Å². The lowest BCUT2D eigenvalue weighted by molar-refractivity contribution is -0.903. The standard InChI is InChI=1S/C19H26FN5O/c1-2-18(15-6-8-16(20)9-7-15)25-14-17(22-23-25)19(26)21-10-13-24-11-4-3-5-12-24/h6-9,14,18H,2-5,10-13H2,1H3,(H,21,26)/p+1/t18-/m0/s1. The van der Waals surface area contributed by atoms with E-state index in [1.54, 1.807) is 27.9 Å². The molecule has 1 fully saturated rings. The Morgan fingerprint density at radius 3 is 2.69 bits per heavy atom. The molecule has 0 unspecified atom stereocenters. The van der Waals surface area contributed by atoms with Crippen LogP contribution >= 0.6 is 0 Å². The number of nitrogens with zero attached hydrogens (tertiary/aromatic N) is 3. The van der Waals surface area contributed by atoms with Crippen LogP contribution in [-0.2, 0) is 0 Å². The summed E-state index contributed by atoms with van der Waals surface area (Å²) in [6.07, 6.45) is 6.32. The Morgan fingerprint density at radius 1 is 1.27 bits per heavy atom. The fourth-order valence-electron chi connectivity index (χ4n) is 3.54. The third-order valence-corrected chi connectivity index (χ3v) is 5.03. The molecule has 2 heterocycles. The van der Waals surface area contributed by atoms with Gasteiger partial charge in [-0.2, -0.15) is 0 Å². The molecule has 3 rings (SSSR count). The van der Waals surface area contributed by atoms with Crippen LogP contribution in [0, 0.1) is 5.82 Å². The molecule has 0 saturated carbocycles. The zero-order valence-electron chi connectivity index (χ0n) is 15.2. The Hall–Kier alpha value is -2.28. The van der Waals surface area contributed by atoms with Gasteiger partial charge in [-0.15, -0.1) is 5.10 Å². The summed E-state index contributed by atoms with van der Waals surface area (Å²) < 4.78 is 14.8. The lowest BCUT2D eigenvalue weighted by Gasteiger charge is -2.23. The van der Waals surface area contributed by atoms with Crippen molar-refractivity contribution in [1.29, 1.82) is 0 Å². The van der Waals surface area contributed by atoms with Crippen LogP contribution in [0.25, 0.3) is 0 Å². The molecule has 0 spiro atoms. The molecule has 7 heteroatoms. The van der Waals surface area contributed by atoms with Gasteiger partial charge in [-0.3, -0.25) is 4.79 Å². The first-order chi connectivity index (χ1) is 12.7. The maximum atomic E-state index is 13.1. The minimum absolute atomic E-state index is 0.0672. The number of nitrogens with one attached hydrogen (secondary N) is 2. The SMILES string of the molecule is CC[C@@H](c1ccc(F)cc1)n1cc(C(=O)NCC[NH+]2CCCCC2)nn1. The summed E-state index contributed by atoms with van der Waals surface area (Å²) in [7, 11) is 0. The zero-order chi connectivity index (χ0) is 18.4. The molecule has 1 aromatic carbocycles. The number of hydrogen-bond donors (Lipinski definition) is 2. The van der Waals surface area contributed by atoms with Crippen molar-refractivity contribution < 1.29 is 14.1 Å². The van der Waals surface area contributed by atoms with Gasteiger partial charge in [0.05, 0.1) is 38.4 Å². The number of amides is 1. The van der Waals surface area contributed by atoms with Crippen LogP contribution in [0.3, 0.4) is 0 Å². The van der Waals surface area contributed by atoms with E-state index in [1.165, 1.54) is 44.5 Å². The first-order valence-electron chi connectivity index (χ1n) is 9.46. The molecule has 1 atom stereocenters. The number of piperidine rings is 1. The lowest BCUT2D eigenvalue weighted by atomic mass is 10.0. The summed E-state index contributed by atoms with van der Waals surface area (Å²) in [5.74, 6) is -0.459. The predicted octanol–water partition coefficient (Wildman–Crippen LogP) is 1.22. The van der Waals surface area contributed by atoms with Gasteiger partial charge < -0.3 is 10.2 Å². The summed E-state index contributed by atoms with van der Waals surface area (Å²) in [6, 6.07) is 6.29. The average molecular weight is 360 g/mol. The number of carbonyl (C=O) groups excluding carboxylic acids is 1. The van der Waals surface area contributed by atoms with Crippen LogP contribution in [0.1, 0.15) is 54.7 Å². The van der Waals surface area contributed by atoms with E-state index in [1.807, 2.05) is 6.92 Å². The molecule has 1 amide bonds. The summed E-state index contributed by atoms with van der Waals surface area (Å²) in [5, 5.41) is 11.1. The van der Waals surface area contributed by atoms with Crippen LogP contribution in [-0.4, -0.2) is 47.1 Å². The Kier molecular flexibility index (Phi) is 6.33. The van der Waals surface area contributed by atoms with Crippen molar-refractivity contribution in [1.82, 2.24) is 20.3 Å². The van der Waals surface area contributed by atoms with Gasteiger partial charge >= 0.3 is 0 Å². The smallest absolute Gasteiger partial charge is 0.273 e. The zero-order valence-corrected chi connectivity index (χ0v) is 15.2. The number of halogens is 1. The van der Waals surface area contributed by atoms with Gasteiger partial charge in [-0.1, -0.05) is 24.3 Å². The van der Waals surface area contributed by atoms with Crippen LogP contribution in [0.15, 0.2) is 30.5 Å². The van der Waals surface area contributed by atoms with Crippen molar-refractivity contribution in [2.75, 3.05) is 26.2 Å². The monoisotopic (exact) mass is 360 g/mol. The van der Waals surface area contributed by atoms with Crippen molar-refractivity contribution in [3.8, 4) is 0 Å². The van der Waals surface area contributed by atoms with Crippen molar-refractivity contribution >= 4 is 5.91 Å². The fraction of sp³-hybridized carbons (Fsp3) is 0.526. The van der Waals surface area contributed by atoms with Crippen molar-refractivity contribution in [3.05, 3.63) is 47.5 Å². The lowest BCUT2D eigenvalue weighted by Crippen LogP contribution is -3.13. The van der Waals surface area contributed by atoms with E-state index in [0.29, 0.717) is 12.2 Å². The third-order valence-electron chi connectivity index (χ3n) is 5.03. The minimum atomic E-state index is -0.266. The first-order valence-corrected chi connectivity index (χ1v) is 9.46. The van der Waals surface area contributed by atoms with Crippen LogP contribution in [0.4, 0.5) is 4.39 Å². The van der Waals surface area contributed by atoms with E-state index in [9.17, 15) is 9.18 Å². The predicted molar refractivity (Wildman–Crippen MR) is 96.6 cm³/mol. The molecule has 1 aliphatic heterocycles. The molecule has 26 heavy (non-hydrogen) atoms. The largest absolute Gasteiger partial charge is 0.345 e. The molecule has 2 aromatic rings. The van der Waals surface area contributed by atoms with E-state index in [4.69, 9.17) is 0 Å². The van der Waals surface area contributed by atoms with Gasteiger partial charge in [0.2, 0.25) is 0 Å². The Labute approximate surface area is 153 Å². The Balaban J connectivity index is 1.57. The molecule has 1 saturated heterocycles. The first kappa shape index (κ1) is 18.5. The van der Waals surface area contributed by atoms with E-state index in [2.05, 4.69) is 15.6 Å². The number of quaternary nitrogens is 1. The Morgan fingerprint density at radius 2 is 2.00 bits per heavy atom. The minimum Gasteiger partial charge on any atom is -0.345 e. The second-order valence-electron chi connectivity index (χ2n) is 6.88. The fourth-order valence-corrected chi connectivity index (χ4v) is 3.54. The van der Waals surface area contributed by atoms with Crippen LogP contribution in [0.5, 0.6) is 0 Å². The van der Waals surface area contributed by atoms with E-state index < -0.39 is 0 Å². The number of benzene rings is 1. The molecule has 0 aliphatic carbocycles. The second kappa shape index (κ2) is 8.89. The molecule has 0 bridgehead atoms. The summed E-state index contributed by atoms with van der Waals surface area (Å²) in [5.41, 5.74) is 1.26. The highest BCUT2D eigenvalue weighted by atomic mass is 19.1. The normalized spacial score (nSPS) is 16.4. The molecule has 1 aromatic heterocycles. The molecule has 1 aliphatic rings. The number of carbonyl (C=O) groups is 1. The molecule has 0 radical (unpaired) electrons. The number of likely N-dealkylation sites (tertiary alicyclic amines) is 1. The van der Waals surface area contributed by atoms with Crippen molar-refractivity contribution in [3.63, 3.8) is 0 Å². The van der Waals surface area contributed by atoms with Crippen molar-refractivity contribution in [2.24, 2.45) is 0 Å². The van der Waals surface area contributed by atoms with Crippen molar-refractivity contribution in [2.45, 2.75) is 38.6 Å². The molecular weight excluding hydrogens is 333 g/mol. The van der Waals surface area contributed by atoms with Crippen LogP contribution < -0.4 is 10.2 Å². The van der Waals surface area contributed by atoms with Gasteiger partial charge in [0.1, 0.15) is 5.82 Å². The maximum absolute atomic E-state index is 13.1. The van der Waals surface area contributed by atoms with Crippen LogP contribution in [0.2, 0.25) is 0 Å². The summed E-state index contributed by atoms with van der Waals surface area (Å²) in [4.78, 5) is 13.9. The highest BCUT2D eigenvalue weighted by molar-refractivity contribution is 5.91. The number of rotatable bonds is 7. The maximum Gasteiger partial charge on any atom is 0.273 e. The van der Waals surface area contributed by atoms with E-state index >= 15 is 0 Å². The van der Waals surface area contributed by atoms with E-state index in [0.717, 1.165) is 18.5 Å². The van der Waals surface area contributed by atoms with Gasteiger partial charge in [0.15, 0.2) is 5.69 Å².